The third kappa shape index (κ3) is 4.30. The minimum Gasteiger partial charge on any atom is -0.384 e. The number of nitrogens with one attached hydrogen (secondary N) is 1. The number of imide groups is 1. The molecule has 1 heterocycles. The van der Waals surface area contributed by atoms with Gasteiger partial charge in [-0.15, -0.1) is 0 Å². The van der Waals surface area contributed by atoms with Crippen LogP contribution in [0.4, 0.5) is 4.79 Å². The number of nitrogens with zero attached hydrogens (tertiary/aromatic N) is 2. The van der Waals surface area contributed by atoms with Crippen molar-refractivity contribution in [2.24, 2.45) is 5.92 Å². The van der Waals surface area contributed by atoms with Crippen molar-refractivity contribution < 1.29 is 19.5 Å². The van der Waals surface area contributed by atoms with Gasteiger partial charge in [0.1, 0.15) is 18.7 Å². The predicted octanol–water partition coefficient (Wildman–Crippen LogP) is 2.55. The maximum absolute atomic E-state index is 13.6. The Morgan fingerprint density at radius 3 is 2.71 bits per heavy atom. The van der Waals surface area contributed by atoms with E-state index in [0.29, 0.717) is 25.3 Å². The average molecular weight is 472 g/mol. The molecular formula is C28H29N3O4. The van der Waals surface area contributed by atoms with Crippen molar-refractivity contribution >= 4 is 17.8 Å². The van der Waals surface area contributed by atoms with Crippen molar-refractivity contribution in [3.05, 3.63) is 70.8 Å². The third-order valence-corrected chi connectivity index (χ3v) is 7.43. The van der Waals surface area contributed by atoms with Gasteiger partial charge in [-0.2, -0.15) is 0 Å². The summed E-state index contributed by atoms with van der Waals surface area (Å²) in [5.74, 6) is 5.38. The van der Waals surface area contributed by atoms with Gasteiger partial charge in [-0.25, -0.2) is 4.79 Å². The topological polar surface area (TPSA) is 90.0 Å². The van der Waals surface area contributed by atoms with Crippen molar-refractivity contribution in [3.8, 4) is 11.8 Å². The highest BCUT2D eigenvalue weighted by molar-refractivity contribution is 6.10. The van der Waals surface area contributed by atoms with E-state index >= 15 is 0 Å². The Morgan fingerprint density at radius 2 is 2.00 bits per heavy atom. The number of hydrogen-bond acceptors (Lipinski definition) is 4. The molecule has 0 bridgehead atoms. The number of urea groups is 1. The molecule has 2 N–H and O–H groups in total. The second-order valence-electron chi connectivity index (χ2n) is 9.64. The van der Waals surface area contributed by atoms with Crippen LogP contribution in [-0.2, 0) is 28.1 Å². The molecule has 35 heavy (non-hydrogen) atoms. The molecule has 4 amide bonds. The number of aryl methyl sites for hydroxylation is 1. The Balaban J connectivity index is 1.36. The lowest BCUT2D eigenvalue weighted by atomic mass is 9.91. The van der Waals surface area contributed by atoms with Gasteiger partial charge in [-0.1, -0.05) is 48.2 Å². The van der Waals surface area contributed by atoms with E-state index in [4.69, 9.17) is 5.11 Å². The normalized spacial score (nSPS) is 21.4. The van der Waals surface area contributed by atoms with Gasteiger partial charge in [0.15, 0.2) is 0 Å². The molecule has 0 radical (unpaired) electrons. The molecule has 0 aromatic heterocycles. The number of carbonyl (C=O) groups excluding carboxylic acids is 3. The molecule has 5 rings (SSSR count). The van der Waals surface area contributed by atoms with Crippen LogP contribution in [0.3, 0.4) is 0 Å². The smallest absolute Gasteiger partial charge is 0.325 e. The summed E-state index contributed by atoms with van der Waals surface area (Å²) >= 11 is 0. The summed E-state index contributed by atoms with van der Waals surface area (Å²) in [7, 11) is 0. The number of aliphatic hydroxyl groups is 1. The van der Waals surface area contributed by atoms with E-state index in [9.17, 15) is 14.4 Å². The minimum absolute atomic E-state index is 0.0445. The molecule has 180 valence electrons. The van der Waals surface area contributed by atoms with Gasteiger partial charge in [-0.3, -0.25) is 14.5 Å². The Kier molecular flexibility index (Phi) is 6.08. The van der Waals surface area contributed by atoms with E-state index < -0.39 is 11.6 Å². The van der Waals surface area contributed by atoms with Crippen LogP contribution < -0.4 is 5.32 Å². The SMILES string of the molecule is CC(C1CC1)N(Cc1ccccc1)C(=O)CN1C(=O)NC2(CCc3cc(C#CCO)ccc32)C1=O. The Bertz CT molecular complexity index is 1230. The van der Waals surface area contributed by atoms with E-state index in [2.05, 4.69) is 24.1 Å². The molecule has 7 heteroatoms. The fraction of sp³-hybridized carbons (Fsp3) is 0.393. The molecule has 2 aliphatic carbocycles. The maximum atomic E-state index is 13.6. The molecule has 2 unspecified atom stereocenters. The first-order valence-corrected chi connectivity index (χ1v) is 12.1. The molecular weight excluding hydrogens is 442 g/mol. The standard InChI is InChI=1S/C28H29N3O4/c1-19(22-10-11-22)30(17-21-6-3-2-4-7-21)25(33)18-31-26(34)28(29-27(31)35)14-13-23-16-20(8-5-15-32)9-12-24(23)28/h2-4,6-7,9,12,16,19,22,32H,10-11,13-15,17-18H2,1H3,(H,29,35). The van der Waals surface area contributed by atoms with Crippen LogP contribution in [0.5, 0.6) is 0 Å². The molecule has 2 fully saturated rings. The number of fused-ring (bicyclic) bond motifs is 2. The number of carbonyl (C=O) groups is 3. The van der Waals surface area contributed by atoms with Crippen LogP contribution in [0.2, 0.25) is 0 Å². The maximum Gasteiger partial charge on any atom is 0.325 e. The lowest BCUT2D eigenvalue weighted by Gasteiger charge is -2.31. The second kappa shape index (κ2) is 9.20. The predicted molar refractivity (Wildman–Crippen MR) is 130 cm³/mol. The molecule has 1 saturated heterocycles. The highest BCUT2D eigenvalue weighted by Gasteiger charge is 2.55. The minimum atomic E-state index is -1.14. The molecule has 2 atom stereocenters. The average Bonchev–Trinajstić information content (AvgIpc) is 3.62. The molecule has 2 aromatic carbocycles. The number of rotatable bonds is 6. The highest BCUT2D eigenvalue weighted by atomic mass is 16.2. The summed E-state index contributed by atoms with van der Waals surface area (Å²) in [4.78, 5) is 42.9. The Morgan fingerprint density at radius 1 is 1.23 bits per heavy atom. The third-order valence-electron chi connectivity index (χ3n) is 7.43. The fourth-order valence-corrected chi connectivity index (χ4v) is 5.31. The van der Waals surface area contributed by atoms with Crippen molar-refractivity contribution in [2.75, 3.05) is 13.2 Å². The van der Waals surface area contributed by atoms with Gasteiger partial charge in [0.05, 0.1) is 0 Å². The van der Waals surface area contributed by atoms with E-state index in [-0.39, 0.29) is 31.0 Å². The zero-order chi connectivity index (χ0) is 24.6. The number of benzene rings is 2. The van der Waals surface area contributed by atoms with Crippen LogP contribution in [-0.4, -0.2) is 51.9 Å². The highest BCUT2D eigenvalue weighted by Crippen LogP contribution is 2.42. The molecule has 1 aliphatic heterocycles. The van der Waals surface area contributed by atoms with Crippen LogP contribution >= 0.6 is 0 Å². The first kappa shape index (κ1) is 23.1. The summed E-state index contributed by atoms with van der Waals surface area (Å²) in [6.07, 6.45) is 3.25. The molecule has 1 spiro atoms. The van der Waals surface area contributed by atoms with Crippen LogP contribution in [0.1, 0.15) is 48.4 Å². The zero-order valence-corrected chi connectivity index (χ0v) is 19.8. The zero-order valence-electron chi connectivity index (χ0n) is 19.8. The van der Waals surface area contributed by atoms with Gasteiger partial charge >= 0.3 is 6.03 Å². The second-order valence-corrected chi connectivity index (χ2v) is 9.64. The van der Waals surface area contributed by atoms with Crippen LogP contribution in [0, 0.1) is 17.8 Å². The Hall–Kier alpha value is -3.63. The molecule has 3 aliphatic rings. The van der Waals surface area contributed by atoms with E-state index in [0.717, 1.165) is 40.0 Å². The monoisotopic (exact) mass is 471 g/mol. The van der Waals surface area contributed by atoms with Gasteiger partial charge in [0.2, 0.25) is 5.91 Å². The van der Waals surface area contributed by atoms with Gasteiger partial charge in [0, 0.05) is 18.2 Å². The number of aliphatic hydroxyl groups excluding tert-OH is 1. The summed E-state index contributed by atoms with van der Waals surface area (Å²) in [5.41, 5.74) is 2.34. The van der Waals surface area contributed by atoms with E-state index in [1.54, 1.807) is 6.07 Å². The van der Waals surface area contributed by atoms with Gasteiger partial charge < -0.3 is 15.3 Å². The van der Waals surface area contributed by atoms with Crippen LogP contribution in [0.25, 0.3) is 0 Å². The quantitative estimate of drug-likeness (QED) is 0.501. The van der Waals surface area contributed by atoms with Crippen molar-refractivity contribution in [1.29, 1.82) is 0 Å². The van der Waals surface area contributed by atoms with E-state index in [1.807, 2.05) is 47.4 Å². The molecule has 1 saturated carbocycles. The first-order valence-electron chi connectivity index (χ1n) is 12.1. The number of amides is 4. The van der Waals surface area contributed by atoms with Crippen molar-refractivity contribution in [3.63, 3.8) is 0 Å². The van der Waals surface area contributed by atoms with Crippen LogP contribution in [0.15, 0.2) is 48.5 Å². The summed E-state index contributed by atoms with van der Waals surface area (Å²) in [5, 5.41) is 11.8. The fourth-order valence-electron chi connectivity index (χ4n) is 5.31. The number of hydrogen-bond donors (Lipinski definition) is 2. The largest absolute Gasteiger partial charge is 0.384 e. The summed E-state index contributed by atoms with van der Waals surface area (Å²) in [6.45, 7) is 2.01. The summed E-state index contributed by atoms with van der Waals surface area (Å²) < 4.78 is 0. The van der Waals surface area contributed by atoms with Crippen molar-refractivity contribution in [1.82, 2.24) is 15.1 Å². The molecule has 2 aromatic rings. The Labute approximate surface area is 205 Å². The first-order chi connectivity index (χ1) is 16.9. The lowest BCUT2D eigenvalue weighted by Crippen LogP contribution is -2.47. The van der Waals surface area contributed by atoms with Gasteiger partial charge in [-0.05, 0) is 67.3 Å². The van der Waals surface area contributed by atoms with E-state index in [1.165, 1.54) is 0 Å². The lowest BCUT2D eigenvalue weighted by molar-refractivity contribution is -0.141. The van der Waals surface area contributed by atoms with Crippen molar-refractivity contribution in [2.45, 2.75) is 50.7 Å². The molecule has 7 nitrogen and oxygen atoms in total. The van der Waals surface area contributed by atoms with Gasteiger partial charge in [0.25, 0.3) is 5.91 Å². The summed E-state index contributed by atoms with van der Waals surface area (Å²) in [6, 6.07) is 14.8.